The molecule has 1 atom stereocenters. The summed E-state index contributed by atoms with van der Waals surface area (Å²) < 4.78 is 43.6. The van der Waals surface area contributed by atoms with Crippen LogP contribution in [-0.4, -0.2) is 23.1 Å². The number of para-hydroxylation sites is 1. The van der Waals surface area contributed by atoms with E-state index in [0.29, 0.717) is 24.1 Å². The van der Waals surface area contributed by atoms with Crippen LogP contribution in [-0.2, 0) is 40.0 Å². The standard InChI is InChI=1S/C27H26F3NO4/c28-27(29,30)22-15-13-19(14-16-22)17-24(26(33)34)31-23-11-5-4-9-21(23)10-6-12-25(32)35-18-20-7-2-1-3-8-20/h1-5,7-9,11,13-16,24,31H,6,10,12,17-18H2,(H,33,34). The Labute approximate surface area is 201 Å². The second kappa shape index (κ2) is 12.1. The van der Waals surface area contributed by atoms with Crippen molar-refractivity contribution in [3.8, 4) is 0 Å². The summed E-state index contributed by atoms with van der Waals surface area (Å²) in [5.41, 5.74) is 2.03. The molecule has 0 saturated heterocycles. The summed E-state index contributed by atoms with van der Waals surface area (Å²) in [4.78, 5) is 23.9. The number of aliphatic carboxylic acids is 1. The lowest BCUT2D eigenvalue weighted by molar-refractivity contribution is -0.145. The summed E-state index contributed by atoms with van der Waals surface area (Å²) >= 11 is 0. The number of rotatable bonds is 11. The molecule has 184 valence electrons. The number of aryl methyl sites for hydroxylation is 1. The zero-order chi connectivity index (χ0) is 25.3. The number of carbonyl (C=O) groups excluding carboxylic acids is 1. The average Bonchev–Trinajstić information content (AvgIpc) is 2.83. The van der Waals surface area contributed by atoms with Crippen LogP contribution in [0.5, 0.6) is 0 Å². The Morgan fingerprint density at radius 2 is 1.54 bits per heavy atom. The van der Waals surface area contributed by atoms with Crippen molar-refractivity contribution in [3.05, 3.63) is 101 Å². The Hall–Kier alpha value is -3.81. The number of ether oxygens (including phenoxy) is 1. The minimum atomic E-state index is -4.45. The van der Waals surface area contributed by atoms with E-state index in [9.17, 15) is 27.9 Å². The van der Waals surface area contributed by atoms with Crippen molar-refractivity contribution in [2.45, 2.75) is 44.5 Å². The number of hydrogen-bond donors (Lipinski definition) is 2. The van der Waals surface area contributed by atoms with Crippen molar-refractivity contribution in [1.82, 2.24) is 0 Å². The monoisotopic (exact) mass is 485 g/mol. The van der Waals surface area contributed by atoms with Gasteiger partial charge in [0.1, 0.15) is 12.6 Å². The minimum absolute atomic E-state index is 0.00756. The highest BCUT2D eigenvalue weighted by Crippen LogP contribution is 2.29. The molecule has 3 aromatic rings. The Balaban J connectivity index is 1.56. The van der Waals surface area contributed by atoms with Gasteiger partial charge in [-0.05, 0) is 47.7 Å². The Bertz CT molecular complexity index is 1120. The van der Waals surface area contributed by atoms with Crippen LogP contribution >= 0.6 is 0 Å². The fraction of sp³-hybridized carbons (Fsp3) is 0.259. The highest BCUT2D eigenvalue weighted by Gasteiger charge is 2.30. The van der Waals surface area contributed by atoms with Gasteiger partial charge in [-0.2, -0.15) is 13.2 Å². The van der Waals surface area contributed by atoms with Gasteiger partial charge in [-0.15, -0.1) is 0 Å². The van der Waals surface area contributed by atoms with Crippen molar-refractivity contribution >= 4 is 17.6 Å². The number of carboxylic acid groups (broad SMARTS) is 1. The van der Waals surface area contributed by atoms with Crippen molar-refractivity contribution in [2.75, 3.05) is 5.32 Å². The molecule has 3 aromatic carbocycles. The largest absolute Gasteiger partial charge is 0.480 e. The summed E-state index contributed by atoms with van der Waals surface area (Å²) in [5.74, 6) is -1.44. The number of anilines is 1. The summed E-state index contributed by atoms with van der Waals surface area (Å²) in [6.45, 7) is 0.210. The van der Waals surface area contributed by atoms with Crippen molar-refractivity contribution in [3.63, 3.8) is 0 Å². The molecule has 3 rings (SSSR count). The van der Waals surface area contributed by atoms with E-state index in [1.807, 2.05) is 42.5 Å². The molecule has 0 radical (unpaired) electrons. The number of carbonyl (C=O) groups is 2. The van der Waals surface area contributed by atoms with Gasteiger partial charge in [-0.1, -0.05) is 60.7 Å². The van der Waals surface area contributed by atoms with Crippen LogP contribution in [0, 0.1) is 0 Å². The maximum Gasteiger partial charge on any atom is 0.416 e. The van der Waals surface area contributed by atoms with Gasteiger partial charge in [0.2, 0.25) is 0 Å². The first-order valence-corrected chi connectivity index (χ1v) is 11.2. The van der Waals surface area contributed by atoms with E-state index in [-0.39, 0.29) is 25.4 Å². The van der Waals surface area contributed by atoms with Crippen molar-refractivity contribution in [1.29, 1.82) is 0 Å². The van der Waals surface area contributed by atoms with E-state index in [2.05, 4.69) is 5.32 Å². The smallest absolute Gasteiger partial charge is 0.416 e. The number of benzene rings is 3. The SMILES string of the molecule is O=C(CCCc1ccccc1NC(Cc1ccc(C(F)(F)F)cc1)C(=O)O)OCc1ccccc1. The highest BCUT2D eigenvalue weighted by molar-refractivity contribution is 5.78. The Morgan fingerprint density at radius 1 is 0.886 bits per heavy atom. The van der Waals surface area contributed by atoms with Crippen LogP contribution in [0.15, 0.2) is 78.9 Å². The van der Waals surface area contributed by atoms with Gasteiger partial charge < -0.3 is 15.2 Å². The third kappa shape index (κ3) is 8.17. The second-order valence-corrected chi connectivity index (χ2v) is 8.09. The van der Waals surface area contributed by atoms with E-state index < -0.39 is 23.8 Å². The topological polar surface area (TPSA) is 75.6 Å². The number of carboxylic acids is 1. The molecule has 0 heterocycles. The van der Waals surface area contributed by atoms with Crippen LogP contribution in [0.2, 0.25) is 0 Å². The molecule has 0 saturated carbocycles. The Kier molecular flexibility index (Phi) is 8.89. The number of esters is 1. The molecule has 0 aliphatic carbocycles. The number of alkyl halides is 3. The maximum absolute atomic E-state index is 12.8. The first kappa shape index (κ1) is 25.8. The van der Waals surface area contributed by atoms with Gasteiger partial charge in [-0.3, -0.25) is 4.79 Å². The molecule has 0 aromatic heterocycles. The molecule has 2 N–H and O–H groups in total. The van der Waals surface area contributed by atoms with Gasteiger partial charge >= 0.3 is 18.1 Å². The lowest BCUT2D eigenvalue weighted by atomic mass is 10.0. The molecular weight excluding hydrogens is 459 g/mol. The van der Waals surface area contributed by atoms with E-state index in [1.165, 1.54) is 12.1 Å². The molecule has 0 amide bonds. The predicted molar refractivity (Wildman–Crippen MR) is 126 cm³/mol. The van der Waals surface area contributed by atoms with E-state index >= 15 is 0 Å². The van der Waals surface area contributed by atoms with Gasteiger partial charge in [0.15, 0.2) is 0 Å². The first-order chi connectivity index (χ1) is 16.7. The summed E-state index contributed by atoms with van der Waals surface area (Å²) in [6, 6.07) is 20.0. The van der Waals surface area contributed by atoms with Crippen LogP contribution < -0.4 is 5.32 Å². The fourth-order valence-electron chi connectivity index (χ4n) is 3.57. The molecule has 0 aliphatic heterocycles. The fourth-order valence-corrected chi connectivity index (χ4v) is 3.57. The Morgan fingerprint density at radius 3 is 2.20 bits per heavy atom. The van der Waals surface area contributed by atoms with Crippen LogP contribution in [0.3, 0.4) is 0 Å². The van der Waals surface area contributed by atoms with Gasteiger partial charge in [0.05, 0.1) is 5.56 Å². The summed E-state index contributed by atoms with van der Waals surface area (Å²) in [7, 11) is 0. The minimum Gasteiger partial charge on any atom is -0.480 e. The van der Waals surface area contributed by atoms with Crippen molar-refractivity contribution < 1.29 is 32.6 Å². The van der Waals surface area contributed by atoms with Crippen LogP contribution in [0.25, 0.3) is 0 Å². The molecule has 0 fully saturated rings. The molecule has 1 unspecified atom stereocenters. The normalized spacial score (nSPS) is 12.1. The zero-order valence-corrected chi connectivity index (χ0v) is 18.9. The molecule has 0 bridgehead atoms. The molecule has 0 aliphatic rings. The number of halogens is 3. The van der Waals surface area contributed by atoms with E-state index in [4.69, 9.17) is 4.74 Å². The highest BCUT2D eigenvalue weighted by atomic mass is 19.4. The van der Waals surface area contributed by atoms with E-state index in [1.54, 1.807) is 12.1 Å². The first-order valence-electron chi connectivity index (χ1n) is 11.2. The lowest BCUT2D eigenvalue weighted by Crippen LogP contribution is -2.32. The third-order valence-electron chi connectivity index (χ3n) is 5.44. The average molecular weight is 486 g/mol. The summed E-state index contributed by atoms with van der Waals surface area (Å²) in [5, 5.41) is 12.7. The van der Waals surface area contributed by atoms with Gasteiger partial charge in [0, 0.05) is 18.5 Å². The van der Waals surface area contributed by atoms with Crippen LogP contribution in [0.4, 0.5) is 18.9 Å². The quantitative estimate of drug-likeness (QED) is 0.332. The predicted octanol–water partition coefficient (Wildman–Crippen LogP) is 5.88. The van der Waals surface area contributed by atoms with Gasteiger partial charge in [-0.25, -0.2) is 4.79 Å². The molecule has 0 spiro atoms. The molecule has 8 heteroatoms. The van der Waals surface area contributed by atoms with Crippen molar-refractivity contribution in [2.24, 2.45) is 0 Å². The van der Waals surface area contributed by atoms with E-state index in [0.717, 1.165) is 23.3 Å². The third-order valence-corrected chi connectivity index (χ3v) is 5.44. The lowest BCUT2D eigenvalue weighted by Gasteiger charge is -2.19. The molecule has 35 heavy (non-hydrogen) atoms. The second-order valence-electron chi connectivity index (χ2n) is 8.09. The summed E-state index contributed by atoms with van der Waals surface area (Å²) in [6.07, 6.45) is -3.18. The molecule has 5 nitrogen and oxygen atoms in total. The van der Waals surface area contributed by atoms with Crippen LogP contribution in [0.1, 0.15) is 35.1 Å². The molecular formula is C27H26F3NO4. The zero-order valence-electron chi connectivity index (χ0n) is 18.9. The van der Waals surface area contributed by atoms with Gasteiger partial charge in [0.25, 0.3) is 0 Å². The number of hydrogen-bond acceptors (Lipinski definition) is 4. The number of nitrogens with one attached hydrogen (secondary N) is 1. The maximum atomic E-state index is 12.8.